The molecule has 3 unspecified atom stereocenters. The van der Waals surface area contributed by atoms with Gasteiger partial charge in [0.25, 0.3) is 0 Å². The van der Waals surface area contributed by atoms with Crippen LogP contribution in [0, 0.1) is 17.8 Å². The first-order valence-corrected chi connectivity index (χ1v) is 4.92. The van der Waals surface area contributed by atoms with Crippen LogP contribution >= 0.6 is 0 Å². The van der Waals surface area contributed by atoms with Crippen molar-refractivity contribution in [3.8, 4) is 0 Å². The molecule has 0 heteroatoms. The van der Waals surface area contributed by atoms with Crippen molar-refractivity contribution in [1.29, 1.82) is 0 Å². The van der Waals surface area contributed by atoms with Crippen molar-refractivity contribution in [3.63, 3.8) is 0 Å². The lowest BCUT2D eigenvalue weighted by molar-refractivity contribution is 0.283. The van der Waals surface area contributed by atoms with Gasteiger partial charge in [-0.15, -0.1) is 0 Å². The quantitative estimate of drug-likeness (QED) is 0.503. The fourth-order valence-corrected chi connectivity index (χ4v) is 2.06. The van der Waals surface area contributed by atoms with Crippen LogP contribution in [-0.2, 0) is 0 Å². The fourth-order valence-electron chi connectivity index (χ4n) is 2.06. The van der Waals surface area contributed by atoms with Gasteiger partial charge in [0.2, 0.25) is 0 Å². The maximum Gasteiger partial charge on any atom is -0.0234 e. The summed E-state index contributed by atoms with van der Waals surface area (Å²) < 4.78 is 0. The molecular weight excluding hydrogens is 132 g/mol. The van der Waals surface area contributed by atoms with Crippen LogP contribution in [0.2, 0.25) is 0 Å². The smallest absolute Gasteiger partial charge is 0.0234 e. The van der Waals surface area contributed by atoms with E-state index in [4.69, 9.17) is 0 Å². The summed E-state index contributed by atoms with van der Waals surface area (Å²) in [6, 6.07) is 0. The Bertz CT molecular complexity index is 135. The van der Waals surface area contributed by atoms with E-state index in [1.54, 1.807) is 0 Å². The van der Waals surface area contributed by atoms with Gasteiger partial charge in [-0.2, -0.15) is 0 Å². The van der Waals surface area contributed by atoms with Gasteiger partial charge in [-0.25, -0.2) is 0 Å². The molecule has 11 heavy (non-hydrogen) atoms. The van der Waals surface area contributed by atoms with Crippen molar-refractivity contribution in [2.75, 3.05) is 0 Å². The number of allylic oxidation sites excluding steroid dienone is 2. The fraction of sp³-hybridized carbons (Fsp3) is 0.818. The zero-order valence-electron chi connectivity index (χ0n) is 8.01. The van der Waals surface area contributed by atoms with Crippen molar-refractivity contribution in [1.82, 2.24) is 0 Å². The first-order chi connectivity index (χ1) is 5.25. The second-order valence-corrected chi connectivity index (χ2v) is 3.89. The highest BCUT2D eigenvalue weighted by atomic mass is 14.3. The van der Waals surface area contributed by atoms with Crippen molar-refractivity contribution in [2.45, 2.75) is 40.0 Å². The topological polar surface area (TPSA) is 0 Å². The van der Waals surface area contributed by atoms with E-state index in [1.165, 1.54) is 19.3 Å². The largest absolute Gasteiger partial charge is 0.0882 e. The molecular formula is C11H20. The molecule has 0 aromatic carbocycles. The van der Waals surface area contributed by atoms with Crippen LogP contribution in [0.1, 0.15) is 40.0 Å². The van der Waals surface area contributed by atoms with E-state index >= 15 is 0 Å². The Morgan fingerprint density at radius 2 is 2.09 bits per heavy atom. The molecule has 1 aliphatic carbocycles. The Hall–Kier alpha value is -0.260. The van der Waals surface area contributed by atoms with E-state index in [0.717, 1.165) is 17.8 Å². The van der Waals surface area contributed by atoms with E-state index in [1.807, 2.05) is 0 Å². The van der Waals surface area contributed by atoms with Gasteiger partial charge in [0, 0.05) is 0 Å². The number of rotatable bonds is 1. The van der Waals surface area contributed by atoms with Crippen LogP contribution in [-0.4, -0.2) is 0 Å². The number of hydrogen-bond donors (Lipinski definition) is 0. The van der Waals surface area contributed by atoms with Crippen LogP contribution in [0.15, 0.2) is 12.2 Å². The van der Waals surface area contributed by atoms with E-state index in [2.05, 4.69) is 32.9 Å². The maximum atomic E-state index is 2.40. The Morgan fingerprint density at radius 3 is 2.73 bits per heavy atom. The van der Waals surface area contributed by atoms with Gasteiger partial charge in [0.1, 0.15) is 0 Å². The van der Waals surface area contributed by atoms with Gasteiger partial charge in [0.15, 0.2) is 0 Å². The lowest BCUT2D eigenvalue weighted by Crippen LogP contribution is -2.15. The molecule has 1 aliphatic rings. The Morgan fingerprint density at radius 1 is 1.36 bits per heavy atom. The third-order valence-electron chi connectivity index (χ3n) is 3.24. The van der Waals surface area contributed by atoms with Gasteiger partial charge in [-0.3, -0.25) is 0 Å². The molecule has 0 aromatic heterocycles. The maximum absolute atomic E-state index is 2.40. The van der Waals surface area contributed by atoms with Gasteiger partial charge < -0.3 is 0 Å². The minimum atomic E-state index is 0.794. The standard InChI is InChI=1S/C11H20/c1-4-11-8-6-5-7-9(2)10(11)3/h5,7,9-11H,4,6,8H2,1-3H3. The monoisotopic (exact) mass is 152 g/mol. The summed E-state index contributed by atoms with van der Waals surface area (Å²) in [5.74, 6) is 2.64. The molecule has 3 atom stereocenters. The summed E-state index contributed by atoms with van der Waals surface area (Å²) >= 11 is 0. The minimum absolute atomic E-state index is 0.794. The van der Waals surface area contributed by atoms with Crippen molar-refractivity contribution < 1.29 is 0 Å². The lowest BCUT2D eigenvalue weighted by atomic mass is 9.82. The van der Waals surface area contributed by atoms with Crippen molar-refractivity contribution in [2.24, 2.45) is 17.8 Å². The SMILES string of the molecule is CCC1CCC=CC(C)C1C. The summed E-state index contributed by atoms with van der Waals surface area (Å²) in [7, 11) is 0. The molecule has 0 spiro atoms. The second-order valence-electron chi connectivity index (χ2n) is 3.89. The second kappa shape index (κ2) is 3.94. The Kier molecular flexibility index (Phi) is 3.16. The average Bonchev–Trinajstić information content (AvgIpc) is 2.16. The molecule has 1 rings (SSSR count). The molecule has 0 amide bonds. The molecule has 0 bridgehead atoms. The first-order valence-electron chi connectivity index (χ1n) is 4.92. The van der Waals surface area contributed by atoms with E-state index < -0.39 is 0 Å². The summed E-state index contributed by atoms with van der Waals surface area (Å²) in [6.45, 7) is 7.06. The molecule has 0 saturated carbocycles. The van der Waals surface area contributed by atoms with E-state index in [9.17, 15) is 0 Å². The van der Waals surface area contributed by atoms with Crippen LogP contribution in [0.4, 0.5) is 0 Å². The highest BCUT2D eigenvalue weighted by Crippen LogP contribution is 2.30. The van der Waals surface area contributed by atoms with E-state index in [-0.39, 0.29) is 0 Å². The predicted octanol–water partition coefficient (Wildman–Crippen LogP) is 3.63. The van der Waals surface area contributed by atoms with Gasteiger partial charge in [0.05, 0.1) is 0 Å². The van der Waals surface area contributed by atoms with Crippen LogP contribution in [0.25, 0.3) is 0 Å². The predicted molar refractivity (Wildman–Crippen MR) is 50.5 cm³/mol. The highest BCUT2D eigenvalue weighted by molar-refractivity contribution is 4.94. The molecule has 0 nitrogen and oxygen atoms in total. The molecule has 0 saturated heterocycles. The minimum Gasteiger partial charge on any atom is -0.0882 e. The van der Waals surface area contributed by atoms with Crippen LogP contribution in [0.5, 0.6) is 0 Å². The van der Waals surface area contributed by atoms with Gasteiger partial charge in [-0.05, 0) is 30.6 Å². The molecule has 0 radical (unpaired) electrons. The Labute approximate surface area is 70.7 Å². The highest BCUT2D eigenvalue weighted by Gasteiger charge is 2.20. The molecule has 0 aliphatic heterocycles. The number of hydrogen-bond acceptors (Lipinski definition) is 0. The van der Waals surface area contributed by atoms with Crippen LogP contribution in [0.3, 0.4) is 0 Å². The Balaban J connectivity index is 2.57. The third-order valence-corrected chi connectivity index (χ3v) is 3.24. The molecule has 64 valence electrons. The zero-order chi connectivity index (χ0) is 8.27. The molecule has 0 aromatic rings. The third kappa shape index (κ3) is 2.08. The lowest BCUT2D eigenvalue weighted by Gasteiger charge is -2.23. The first kappa shape index (κ1) is 8.83. The molecule has 0 fully saturated rings. The van der Waals surface area contributed by atoms with Gasteiger partial charge in [-0.1, -0.05) is 39.3 Å². The summed E-state index contributed by atoms with van der Waals surface area (Å²) in [5.41, 5.74) is 0. The average molecular weight is 152 g/mol. The normalized spacial score (nSPS) is 38.6. The van der Waals surface area contributed by atoms with Crippen LogP contribution < -0.4 is 0 Å². The van der Waals surface area contributed by atoms with Crippen molar-refractivity contribution >= 4 is 0 Å². The summed E-state index contributed by atoms with van der Waals surface area (Å²) in [4.78, 5) is 0. The summed E-state index contributed by atoms with van der Waals surface area (Å²) in [5, 5.41) is 0. The molecule has 0 heterocycles. The zero-order valence-corrected chi connectivity index (χ0v) is 8.01. The summed E-state index contributed by atoms with van der Waals surface area (Å²) in [6.07, 6.45) is 8.80. The van der Waals surface area contributed by atoms with E-state index in [0.29, 0.717) is 0 Å². The molecule has 0 N–H and O–H groups in total. The van der Waals surface area contributed by atoms with Crippen molar-refractivity contribution in [3.05, 3.63) is 12.2 Å². The van der Waals surface area contributed by atoms with Gasteiger partial charge >= 0.3 is 0 Å².